The van der Waals surface area contributed by atoms with Crippen molar-refractivity contribution in [2.24, 2.45) is 0 Å². The Labute approximate surface area is 146 Å². The van der Waals surface area contributed by atoms with Crippen LogP contribution in [0.25, 0.3) is 0 Å². The van der Waals surface area contributed by atoms with Crippen molar-refractivity contribution < 1.29 is 9.59 Å². The quantitative estimate of drug-likeness (QED) is 0.789. The van der Waals surface area contributed by atoms with Gasteiger partial charge in [0, 0.05) is 12.2 Å². The molecule has 6 nitrogen and oxygen atoms in total. The van der Waals surface area contributed by atoms with Crippen LogP contribution in [0.1, 0.15) is 12.0 Å². The van der Waals surface area contributed by atoms with Crippen molar-refractivity contribution in [3.8, 4) is 0 Å². The van der Waals surface area contributed by atoms with E-state index < -0.39 is 0 Å². The van der Waals surface area contributed by atoms with Gasteiger partial charge in [-0.2, -0.15) is 0 Å². The predicted octanol–water partition coefficient (Wildman–Crippen LogP) is 2.72. The van der Waals surface area contributed by atoms with Gasteiger partial charge < -0.3 is 20.9 Å². The van der Waals surface area contributed by atoms with Crippen LogP contribution in [0.15, 0.2) is 48.5 Å². The minimum atomic E-state index is -0.246. The van der Waals surface area contributed by atoms with Gasteiger partial charge in [-0.1, -0.05) is 24.3 Å². The van der Waals surface area contributed by atoms with Crippen LogP contribution >= 0.6 is 0 Å². The zero-order chi connectivity index (χ0) is 17.4. The number of para-hydroxylation sites is 2. The first-order valence-electron chi connectivity index (χ1n) is 8.41. The first kappa shape index (κ1) is 15.5. The standard InChI is InChI=1S/C19H20N4O2/c1-12-5-4-6-13(9-12)20-19(25)21-14-10-17-18(24)22-15-7-2-3-8-16(15)23(17)11-14/h2-9,14,17H,10-11H2,1H3,(H,22,24)(H2,20,21,25). The summed E-state index contributed by atoms with van der Waals surface area (Å²) in [5.41, 5.74) is 3.68. The summed E-state index contributed by atoms with van der Waals surface area (Å²) in [5.74, 6) is -0.0120. The third kappa shape index (κ3) is 3.03. The molecule has 2 atom stereocenters. The molecule has 6 heteroatoms. The molecule has 2 aromatic rings. The zero-order valence-electron chi connectivity index (χ0n) is 14.0. The summed E-state index contributed by atoms with van der Waals surface area (Å²) in [6.45, 7) is 2.60. The van der Waals surface area contributed by atoms with Crippen LogP contribution in [0.5, 0.6) is 0 Å². The number of urea groups is 1. The van der Waals surface area contributed by atoms with E-state index in [0.29, 0.717) is 13.0 Å². The van der Waals surface area contributed by atoms with Crippen molar-refractivity contribution in [2.45, 2.75) is 25.4 Å². The number of nitrogens with one attached hydrogen (secondary N) is 3. The fourth-order valence-electron chi connectivity index (χ4n) is 3.58. The second-order valence-electron chi connectivity index (χ2n) is 6.58. The smallest absolute Gasteiger partial charge is 0.319 e. The van der Waals surface area contributed by atoms with Gasteiger partial charge in [0.15, 0.2) is 0 Å². The van der Waals surface area contributed by atoms with Crippen molar-refractivity contribution in [3.05, 3.63) is 54.1 Å². The van der Waals surface area contributed by atoms with Gasteiger partial charge in [0.05, 0.1) is 17.4 Å². The molecule has 0 aromatic heterocycles. The molecular weight excluding hydrogens is 316 g/mol. The van der Waals surface area contributed by atoms with Crippen LogP contribution in [0.3, 0.4) is 0 Å². The van der Waals surface area contributed by atoms with Crippen molar-refractivity contribution >= 4 is 29.0 Å². The second-order valence-corrected chi connectivity index (χ2v) is 6.58. The lowest BCUT2D eigenvalue weighted by Gasteiger charge is -2.32. The molecule has 0 bridgehead atoms. The van der Waals surface area contributed by atoms with Gasteiger partial charge in [0.25, 0.3) is 0 Å². The summed E-state index contributed by atoms with van der Waals surface area (Å²) >= 11 is 0. The fourth-order valence-corrected chi connectivity index (χ4v) is 3.58. The Bertz CT molecular complexity index is 836. The molecule has 128 valence electrons. The average Bonchev–Trinajstić information content (AvgIpc) is 2.99. The molecule has 0 saturated carbocycles. The van der Waals surface area contributed by atoms with Gasteiger partial charge in [-0.25, -0.2) is 4.79 Å². The number of rotatable bonds is 2. The number of carbonyl (C=O) groups excluding carboxylic acids is 2. The largest absolute Gasteiger partial charge is 0.356 e. The number of aryl methyl sites for hydroxylation is 1. The third-order valence-electron chi connectivity index (χ3n) is 4.69. The van der Waals surface area contributed by atoms with Gasteiger partial charge >= 0.3 is 6.03 Å². The molecule has 0 aliphatic carbocycles. The zero-order valence-corrected chi connectivity index (χ0v) is 14.0. The molecule has 2 aliphatic rings. The minimum Gasteiger partial charge on any atom is -0.356 e. The van der Waals surface area contributed by atoms with Gasteiger partial charge in [0.2, 0.25) is 5.91 Å². The maximum absolute atomic E-state index is 12.3. The number of benzene rings is 2. The SMILES string of the molecule is Cc1cccc(NC(=O)NC2CC3C(=O)Nc4ccccc4N3C2)c1. The van der Waals surface area contributed by atoms with E-state index in [0.717, 1.165) is 22.6 Å². The second kappa shape index (κ2) is 6.12. The topological polar surface area (TPSA) is 73.5 Å². The number of fused-ring (bicyclic) bond motifs is 3. The molecule has 4 rings (SSSR count). The Hall–Kier alpha value is -3.02. The highest BCUT2D eigenvalue weighted by Crippen LogP contribution is 2.36. The summed E-state index contributed by atoms with van der Waals surface area (Å²) in [5, 5.41) is 8.78. The first-order chi connectivity index (χ1) is 12.1. The van der Waals surface area contributed by atoms with E-state index in [1.807, 2.05) is 55.5 Å². The average molecular weight is 336 g/mol. The lowest BCUT2D eigenvalue weighted by Crippen LogP contribution is -2.44. The van der Waals surface area contributed by atoms with E-state index in [2.05, 4.69) is 20.9 Å². The number of hydrogen-bond donors (Lipinski definition) is 3. The molecule has 2 heterocycles. The Morgan fingerprint density at radius 2 is 2.04 bits per heavy atom. The number of amides is 3. The summed E-state index contributed by atoms with van der Waals surface area (Å²) in [6, 6.07) is 14.9. The number of nitrogens with zero attached hydrogens (tertiary/aromatic N) is 1. The van der Waals surface area contributed by atoms with E-state index in [4.69, 9.17) is 0 Å². The predicted molar refractivity (Wildman–Crippen MR) is 97.9 cm³/mol. The van der Waals surface area contributed by atoms with E-state index >= 15 is 0 Å². The van der Waals surface area contributed by atoms with Crippen molar-refractivity contribution in [1.82, 2.24) is 5.32 Å². The van der Waals surface area contributed by atoms with Crippen molar-refractivity contribution in [2.75, 3.05) is 22.1 Å². The maximum atomic E-state index is 12.3. The van der Waals surface area contributed by atoms with Crippen LogP contribution in [-0.4, -0.2) is 30.6 Å². The fraction of sp³-hybridized carbons (Fsp3) is 0.263. The van der Waals surface area contributed by atoms with Gasteiger partial charge in [-0.3, -0.25) is 4.79 Å². The van der Waals surface area contributed by atoms with Crippen molar-refractivity contribution in [1.29, 1.82) is 0 Å². The summed E-state index contributed by atoms with van der Waals surface area (Å²) in [6.07, 6.45) is 0.599. The molecule has 2 aliphatic heterocycles. The van der Waals surface area contributed by atoms with Crippen LogP contribution in [0.4, 0.5) is 21.9 Å². The van der Waals surface area contributed by atoms with Crippen molar-refractivity contribution in [3.63, 3.8) is 0 Å². The van der Waals surface area contributed by atoms with E-state index in [1.54, 1.807) is 0 Å². The molecule has 0 radical (unpaired) electrons. The van der Waals surface area contributed by atoms with Crippen LogP contribution in [-0.2, 0) is 4.79 Å². The monoisotopic (exact) mass is 336 g/mol. The Morgan fingerprint density at radius 1 is 1.20 bits per heavy atom. The highest BCUT2D eigenvalue weighted by molar-refractivity contribution is 6.04. The molecule has 25 heavy (non-hydrogen) atoms. The highest BCUT2D eigenvalue weighted by Gasteiger charge is 2.41. The molecule has 1 saturated heterocycles. The molecule has 0 spiro atoms. The van der Waals surface area contributed by atoms with Gasteiger partial charge in [-0.15, -0.1) is 0 Å². The lowest BCUT2D eigenvalue weighted by molar-refractivity contribution is -0.117. The Morgan fingerprint density at radius 3 is 2.88 bits per heavy atom. The maximum Gasteiger partial charge on any atom is 0.319 e. The molecule has 2 aromatic carbocycles. The normalized spacial score (nSPS) is 21.2. The summed E-state index contributed by atoms with van der Waals surface area (Å²) in [4.78, 5) is 26.7. The van der Waals surface area contributed by atoms with Gasteiger partial charge in [-0.05, 0) is 43.2 Å². The molecule has 1 fully saturated rings. The molecule has 2 unspecified atom stereocenters. The highest BCUT2D eigenvalue weighted by atomic mass is 16.2. The number of anilines is 3. The summed E-state index contributed by atoms with van der Waals surface area (Å²) in [7, 11) is 0. The van der Waals surface area contributed by atoms with E-state index in [9.17, 15) is 9.59 Å². The molecule has 3 amide bonds. The van der Waals surface area contributed by atoms with E-state index in [1.165, 1.54) is 0 Å². The van der Waals surface area contributed by atoms with Crippen LogP contribution in [0.2, 0.25) is 0 Å². The Balaban J connectivity index is 1.44. The Kier molecular flexibility index (Phi) is 3.80. The molecule has 3 N–H and O–H groups in total. The van der Waals surface area contributed by atoms with Crippen LogP contribution < -0.4 is 20.9 Å². The molecular formula is C19H20N4O2. The first-order valence-corrected chi connectivity index (χ1v) is 8.41. The van der Waals surface area contributed by atoms with E-state index in [-0.39, 0.29) is 24.0 Å². The lowest BCUT2D eigenvalue weighted by atomic mass is 10.1. The van der Waals surface area contributed by atoms with Gasteiger partial charge in [0.1, 0.15) is 6.04 Å². The summed E-state index contributed by atoms with van der Waals surface area (Å²) < 4.78 is 0. The third-order valence-corrected chi connectivity index (χ3v) is 4.69. The number of hydrogen-bond acceptors (Lipinski definition) is 3. The number of carbonyl (C=O) groups is 2. The van der Waals surface area contributed by atoms with Crippen LogP contribution in [0, 0.1) is 6.92 Å². The minimum absolute atomic E-state index is 0.0120.